The van der Waals surface area contributed by atoms with Gasteiger partial charge in [0.05, 0.1) is 0 Å². The van der Waals surface area contributed by atoms with Crippen LogP contribution in [0.2, 0.25) is 0 Å². The summed E-state index contributed by atoms with van der Waals surface area (Å²) in [5.41, 5.74) is 6.37. The minimum Gasteiger partial charge on any atom is -0.327 e. The lowest BCUT2D eigenvalue weighted by molar-refractivity contribution is 0.350. The van der Waals surface area contributed by atoms with Crippen molar-refractivity contribution >= 4 is 23.1 Å². The maximum atomic E-state index is 6.19. The SMILES string of the molecule is CCC(N)C(Sc1nnc(C)s1)C(C)(C)C. The van der Waals surface area contributed by atoms with E-state index in [1.807, 2.05) is 6.92 Å². The van der Waals surface area contributed by atoms with Crippen LogP contribution in [0.3, 0.4) is 0 Å². The first-order valence-corrected chi connectivity index (χ1v) is 7.26. The molecule has 0 radical (unpaired) electrons. The van der Waals surface area contributed by atoms with E-state index in [2.05, 4.69) is 37.9 Å². The zero-order valence-electron chi connectivity index (χ0n) is 10.7. The molecule has 2 N–H and O–H groups in total. The molecular weight excluding hydrogens is 238 g/mol. The third kappa shape index (κ3) is 3.71. The van der Waals surface area contributed by atoms with Gasteiger partial charge in [-0.25, -0.2) is 0 Å². The molecule has 16 heavy (non-hydrogen) atoms. The van der Waals surface area contributed by atoms with Crippen LogP contribution in [-0.2, 0) is 0 Å². The van der Waals surface area contributed by atoms with Crippen LogP contribution < -0.4 is 5.73 Å². The third-order valence-corrected chi connectivity index (χ3v) is 5.22. The van der Waals surface area contributed by atoms with Gasteiger partial charge in [-0.05, 0) is 18.8 Å². The molecule has 1 aromatic rings. The second kappa shape index (κ2) is 5.47. The van der Waals surface area contributed by atoms with Crippen molar-refractivity contribution in [3.8, 4) is 0 Å². The largest absolute Gasteiger partial charge is 0.327 e. The molecule has 0 amide bonds. The zero-order chi connectivity index (χ0) is 12.3. The van der Waals surface area contributed by atoms with Gasteiger partial charge in [0, 0.05) is 11.3 Å². The minimum absolute atomic E-state index is 0.180. The normalized spacial score (nSPS) is 16.1. The van der Waals surface area contributed by atoms with Gasteiger partial charge in [0.2, 0.25) is 0 Å². The highest BCUT2D eigenvalue weighted by atomic mass is 32.2. The summed E-state index contributed by atoms with van der Waals surface area (Å²) < 4.78 is 1.03. The predicted molar refractivity (Wildman–Crippen MR) is 72.0 cm³/mol. The van der Waals surface area contributed by atoms with Gasteiger partial charge in [-0.1, -0.05) is 50.8 Å². The van der Waals surface area contributed by atoms with Gasteiger partial charge in [-0.3, -0.25) is 0 Å². The van der Waals surface area contributed by atoms with Crippen LogP contribution in [-0.4, -0.2) is 21.5 Å². The number of aromatic nitrogens is 2. The third-order valence-electron chi connectivity index (χ3n) is 2.45. The predicted octanol–water partition coefficient (Wildman–Crippen LogP) is 3.09. The zero-order valence-corrected chi connectivity index (χ0v) is 12.3. The molecule has 1 heterocycles. The molecule has 0 aliphatic rings. The topological polar surface area (TPSA) is 51.8 Å². The van der Waals surface area contributed by atoms with Crippen molar-refractivity contribution < 1.29 is 0 Å². The van der Waals surface area contributed by atoms with E-state index in [0.717, 1.165) is 15.8 Å². The highest BCUT2D eigenvalue weighted by Crippen LogP contribution is 2.38. The van der Waals surface area contributed by atoms with Crippen molar-refractivity contribution in [2.45, 2.75) is 56.7 Å². The molecule has 0 bridgehead atoms. The Balaban J connectivity index is 2.79. The van der Waals surface area contributed by atoms with E-state index in [0.29, 0.717) is 5.25 Å². The van der Waals surface area contributed by atoms with Gasteiger partial charge < -0.3 is 5.73 Å². The van der Waals surface area contributed by atoms with Gasteiger partial charge in [-0.2, -0.15) is 0 Å². The van der Waals surface area contributed by atoms with E-state index in [1.165, 1.54) is 0 Å². The van der Waals surface area contributed by atoms with E-state index >= 15 is 0 Å². The average molecular weight is 259 g/mol. The quantitative estimate of drug-likeness (QED) is 0.844. The minimum atomic E-state index is 0.180. The molecular formula is C11H21N3S2. The lowest BCUT2D eigenvalue weighted by Crippen LogP contribution is -2.40. The number of hydrogen-bond acceptors (Lipinski definition) is 5. The van der Waals surface area contributed by atoms with Crippen molar-refractivity contribution in [3.63, 3.8) is 0 Å². The summed E-state index contributed by atoms with van der Waals surface area (Å²) in [6, 6.07) is 0.203. The molecule has 0 saturated heterocycles. The molecule has 0 spiro atoms. The van der Waals surface area contributed by atoms with Crippen LogP contribution in [0.25, 0.3) is 0 Å². The number of nitrogens with zero attached hydrogens (tertiary/aromatic N) is 2. The molecule has 3 nitrogen and oxygen atoms in total. The molecule has 0 aliphatic carbocycles. The van der Waals surface area contributed by atoms with Crippen LogP contribution in [0.15, 0.2) is 4.34 Å². The average Bonchev–Trinajstić information content (AvgIpc) is 2.57. The van der Waals surface area contributed by atoms with Crippen molar-refractivity contribution in [1.29, 1.82) is 0 Å². The number of aryl methyl sites for hydroxylation is 1. The number of nitrogens with two attached hydrogens (primary N) is 1. The Morgan fingerprint density at radius 2 is 2.00 bits per heavy atom. The van der Waals surface area contributed by atoms with Gasteiger partial charge in [0.1, 0.15) is 5.01 Å². The fourth-order valence-corrected chi connectivity index (χ4v) is 3.86. The summed E-state index contributed by atoms with van der Waals surface area (Å²) in [6.45, 7) is 10.8. The lowest BCUT2D eigenvalue weighted by atomic mass is 9.87. The lowest BCUT2D eigenvalue weighted by Gasteiger charge is -2.33. The van der Waals surface area contributed by atoms with E-state index in [9.17, 15) is 0 Å². The Hall–Kier alpha value is -0.130. The van der Waals surface area contributed by atoms with Crippen LogP contribution in [0.1, 0.15) is 39.1 Å². The summed E-state index contributed by atoms with van der Waals surface area (Å²) in [5.74, 6) is 0. The summed E-state index contributed by atoms with van der Waals surface area (Å²) in [7, 11) is 0. The number of rotatable bonds is 4. The van der Waals surface area contributed by atoms with Crippen molar-refractivity contribution in [1.82, 2.24) is 10.2 Å². The maximum Gasteiger partial charge on any atom is 0.174 e. The Kier molecular flexibility index (Phi) is 4.76. The first-order valence-electron chi connectivity index (χ1n) is 5.57. The van der Waals surface area contributed by atoms with Crippen molar-refractivity contribution in [2.24, 2.45) is 11.1 Å². The van der Waals surface area contributed by atoms with Crippen LogP contribution in [0.5, 0.6) is 0 Å². The number of thioether (sulfide) groups is 1. The van der Waals surface area contributed by atoms with Crippen LogP contribution in [0.4, 0.5) is 0 Å². The summed E-state index contributed by atoms with van der Waals surface area (Å²) >= 11 is 3.41. The van der Waals surface area contributed by atoms with Crippen LogP contribution in [0, 0.1) is 12.3 Å². The molecule has 0 fully saturated rings. The Morgan fingerprint density at radius 1 is 1.38 bits per heavy atom. The molecule has 5 heteroatoms. The molecule has 0 saturated carbocycles. The monoisotopic (exact) mass is 259 g/mol. The molecule has 1 aromatic heterocycles. The molecule has 1 rings (SSSR count). The fourth-order valence-electron chi connectivity index (χ4n) is 1.56. The van der Waals surface area contributed by atoms with Crippen molar-refractivity contribution in [3.05, 3.63) is 5.01 Å². The van der Waals surface area contributed by atoms with Gasteiger partial charge in [0.15, 0.2) is 4.34 Å². The Morgan fingerprint density at radius 3 is 2.38 bits per heavy atom. The Bertz CT molecular complexity index is 330. The molecule has 92 valence electrons. The molecule has 0 aromatic carbocycles. The second-order valence-electron chi connectivity index (χ2n) is 5.06. The summed E-state index contributed by atoms with van der Waals surface area (Å²) in [4.78, 5) is 0. The highest BCUT2D eigenvalue weighted by molar-refractivity contribution is 8.01. The van der Waals surface area contributed by atoms with Gasteiger partial charge >= 0.3 is 0 Å². The fraction of sp³-hybridized carbons (Fsp3) is 0.818. The highest BCUT2D eigenvalue weighted by Gasteiger charge is 2.31. The van der Waals surface area contributed by atoms with Crippen LogP contribution >= 0.6 is 23.1 Å². The summed E-state index contributed by atoms with van der Waals surface area (Å²) in [5, 5.41) is 9.60. The second-order valence-corrected chi connectivity index (χ2v) is 7.63. The van der Waals surface area contributed by atoms with Crippen molar-refractivity contribution in [2.75, 3.05) is 0 Å². The van der Waals surface area contributed by atoms with E-state index in [1.54, 1.807) is 23.1 Å². The molecule has 0 aliphatic heterocycles. The number of hydrogen-bond donors (Lipinski definition) is 1. The maximum absolute atomic E-state index is 6.19. The molecule has 2 atom stereocenters. The first-order chi connectivity index (χ1) is 7.34. The van der Waals surface area contributed by atoms with Gasteiger partial charge in [0.25, 0.3) is 0 Å². The smallest absolute Gasteiger partial charge is 0.174 e. The van der Waals surface area contributed by atoms with Gasteiger partial charge in [-0.15, -0.1) is 10.2 Å². The van der Waals surface area contributed by atoms with E-state index in [4.69, 9.17) is 5.73 Å². The first kappa shape index (κ1) is 13.9. The summed E-state index contributed by atoms with van der Waals surface area (Å²) in [6.07, 6.45) is 0.993. The Labute approximate surface area is 106 Å². The van der Waals surface area contributed by atoms with E-state index in [-0.39, 0.29) is 11.5 Å². The van der Waals surface area contributed by atoms with E-state index < -0.39 is 0 Å². The molecule has 2 unspecified atom stereocenters. The standard InChI is InChI=1S/C11H21N3S2/c1-6-8(12)9(11(3,4)5)16-10-14-13-7(2)15-10/h8-9H,6,12H2,1-5H3.